The van der Waals surface area contributed by atoms with E-state index in [0.29, 0.717) is 11.4 Å². The van der Waals surface area contributed by atoms with Crippen molar-refractivity contribution >= 4 is 11.6 Å². The van der Waals surface area contributed by atoms with E-state index in [1.54, 1.807) is 6.07 Å². The molecule has 0 saturated heterocycles. The number of phenolic OH excluding ortho intramolecular Hbond substituents is 1. The van der Waals surface area contributed by atoms with Crippen molar-refractivity contribution < 1.29 is 19.2 Å². The number of carbonyl (C=O) groups excluding carboxylic acids is 1. The molecule has 2 N–H and O–H groups in total. The smallest absolute Gasteiger partial charge is 0.259 e. The Kier molecular flexibility index (Phi) is 2.95. The zero-order chi connectivity index (χ0) is 12.3. The van der Waals surface area contributed by atoms with Gasteiger partial charge in [0.2, 0.25) is 0 Å². The van der Waals surface area contributed by atoms with Gasteiger partial charge in [-0.25, -0.2) is 0 Å². The van der Waals surface area contributed by atoms with Crippen molar-refractivity contribution in [1.29, 1.82) is 0 Å². The number of benzene rings is 1. The van der Waals surface area contributed by atoms with Gasteiger partial charge in [-0.2, -0.15) is 0 Å². The molecule has 0 saturated carbocycles. The predicted octanol–water partition coefficient (Wildman–Crippen LogP) is 1.64. The molecule has 1 aromatic heterocycles. The van der Waals surface area contributed by atoms with Crippen molar-refractivity contribution in [3.05, 3.63) is 36.2 Å². The van der Waals surface area contributed by atoms with Gasteiger partial charge in [0.25, 0.3) is 5.91 Å². The van der Waals surface area contributed by atoms with Crippen LogP contribution in [0.4, 0.5) is 5.69 Å². The van der Waals surface area contributed by atoms with Gasteiger partial charge in [-0.15, -0.1) is 0 Å². The number of hydrogen-bond donors (Lipinski definition) is 2. The van der Waals surface area contributed by atoms with E-state index in [1.165, 1.54) is 31.7 Å². The lowest BCUT2D eigenvalue weighted by Crippen LogP contribution is -2.11. The Morgan fingerprint density at radius 1 is 1.53 bits per heavy atom. The van der Waals surface area contributed by atoms with E-state index >= 15 is 0 Å². The van der Waals surface area contributed by atoms with Crippen LogP contribution in [0.2, 0.25) is 0 Å². The third-order valence-corrected chi connectivity index (χ3v) is 2.14. The standard InChI is InChI=1S/C11H10N2O4/c1-16-8-2-3-10(14)9(4-8)11(15)13-7-5-12-17-6-7/h2-6,14H,1H3,(H,13,15). The minimum atomic E-state index is -0.468. The second kappa shape index (κ2) is 4.56. The molecule has 0 aliphatic rings. The highest BCUT2D eigenvalue weighted by Gasteiger charge is 2.13. The molecule has 0 bridgehead atoms. The number of amides is 1. The van der Waals surface area contributed by atoms with Crippen molar-refractivity contribution in [3.63, 3.8) is 0 Å². The molecule has 1 aromatic carbocycles. The Balaban J connectivity index is 2.24. The molecule has 0 atom stereocenters. The first-order valence-corrected chi connectivity index (χ1v) is 4.78. The first kappa shape index (κ1) is 11.0. The zero-order valence-electron chi connectivity index (χ0n) is 9.01. The van der Waals surface area contributed by atoms with Crippen LogP contribution in [0.1, 0.15) is 10.4 Å². The molecule has 0 unspecified atom stereocenters. The van der Waals surface area contributed by atoms with Gasteiger partial charge in [-0.3, -0.25) is 4.79 Å². The number of anilines is 1. The van der Waals surface area contributed by atoms with Crippen molar-refractivity contribution in [2.75, 3.05) is 12.4 Å². The molecular weight excluding hydrogens is 224 g/mol. The van der Waals surface area contributed by atoms with Crippen LogP contribution in [0.5, 0.6) is 11.5 Å². The molecule has 1 amide bonds. The first-order chi connectivity index (χ1) is 8.20. The number of rotatable bonds is 3. The van der Waals surface area contributed by atoms with Crippen LogP contribution in [-0.4, -0.2) is 23.3 Å². The third-order valence-electron chi connectivity index (χ3n) is 2.14. The molecule has 6 heteroatoms. The first-order valence-electron chi connectivity index (χ1n) is 4.78. The Labute approximate surface area is 96.8 Å². The Morgan fingerprint density at radius 3 is 3.00 bits per heavy atom. The van der Waals surface area contributed by atoms with E-state index in [0.717, 1.165) is 0 Å². The van der Waals surface area contributed by atoms with Crippen LogP contribution in [0.15, 0.2) is 35.2 Å². The van der Waals surface area contributed by atoms with Gasteiger partial charge in [0.15, 0.2) is 0 Å². The van der Waals surface area contributed by atoms with Crippen LogP contribution in [0.25, 0.3) is 0 Å². The lowest BCUT2D eigenvalue weighted by molar-refractivity contribution is 0.102. The number of ether oxygens (including phenoxy) is 1. The highest BCUT2D eigenvalue weighted by molar-refractivity contribution is 6.06. The molecular formula is C11H10N2O4. The van der Waals surface area contributed by atoms with Crippen LogP contribution in [0, 0.1) is 0 Å². The summed E-state index contributed by atoms with van der Waals surface area (Å²) >= 11 is 0. The van der Waals surface area contributed by atoms with Crippen LogP contribution < -0.4 is 10.1 Å². The zero-order valence-corrected chi connectivity index (χ0v) is 9.01. The lowest BCUT2D eigenvalue weighted by Gasteiger charge is -2.06. The summed E-state index contributed by atoms with van der Waals surface area (Å²) in [6, 6.07) is 4.39. The number of hydrogen-bond acceptors (Lipinski definition) is 5. The normalized spacial score (nSPS) is 9.94. The summed E-state index contributed by atoms with van der Waals surface area (Å²) < 4.78 is 9.55. The third kappa shape index (κ3) is 2.36. The SMILES string of the molecule is COc1ccc(O)c(C(=O)Nc2cnoc2)c1. The maximum Gasteiger partial charge on any atom is 0.259 e. The monoisotopic (exact) mass is 234 g/mol. The topological polar surface area (TPSA) is 84.6 Å². The fourth-order valence-corrected chi connectivity index (χ4v) is 1.29. The molecule has 0 aliphatic heterocycles. The lowest BCUT2D eigenvalue weighted by atomic mass is 10.1. The van der Waals surface area contributed by atoms with E-state index in [2.05, 4.69) is 15.0 Å². The molecule has 2 aromatic rings. The molecule has 6 nitrogen and oxygen atoms in total. The molecule has 0 radical (unpaired) electrons. The number of phenols is 1. The largest absolute Gasteiger partial charge is 0.507 e. The van der Waals surface area contributed by atoms with Gasteiger partial charge in [0.05, 0.1) is 18.9 Å². The van der Waals surface area contributed by atoms with Gasteiger partial charge < -0.3 is 19.7 Å². The minimum absolute atomic E-state index is 0.116. The number of nitrogens with one attached hydrogen (secondary N) is 1. The molecule has 0 spiro atoms. The maximum absolute atomic E-state index is 11.8. The van der Waals surface area contributed by atoms with Crippen LogP contribution >= 0.6 is 0 Å². The van der Waals surface area contributed by atoms with Gasteiger partial charge in [0.1, 0.15) is 23.4 Å². The van der Waals surface area contributed by atoms with Gasteiger partial charge in [-0.05, 0) is 18.2 Å². The van der Waals surface area contributed by atoms with Gasteiger partial charge in [-0.1, -0.05) is 5.16 Å². The van der Waals surface area contributed by atoms with Crippen LogP contribution in [-0.2, 0) is 0 Å². The van der Waals surface area contributed by atoms with E-state index < -0.39 is 5.91 Å². The summed E-state index contributed by atoms with van der Waals surface area (Å²) in [6.45, 7) is 0. The van der Waals surface area contributed by atoms with Crippen molar-refractivity contribution in [2.24, 2.45) is 0 Å². The van der Waals surface area contributed by atoms with Crippen molar-refractivity contribution in [3.8, 4) is 11.5 Å². The summed E-state index contributed by atoms with van der Waals surface area (Å²) in [7, 11) is 1.48. The van der Waals surface area contributed by atoms with Gasteiger partial charge >= 0.3 is 0 Å². The fourth-order valence-electron chi connectivity index (χ4n) is 1.29. The quantitative estimate of drug-likeness (QED) is 0.843. The molecule has 1 heterocycles. The fraction of sp³-hybridized carbons (Fsp3) is 0.0909. The molecule has 88 valence electrons. The Bertz CT molecular complexity index is 522. The Hall–Kier alpha value is -2.50. The van der Waals surface area contributed by atoms with Crippen molar-refractivity contribution in [1.82, 2.24) is 5.16 Å². The molecule has 17 heavy (non-hydrogen) atoms. The number of aromatic hydroxyl groups is 1. The number of carbonyl (C=O) groups is 1. The second-order valence-electron chi connectivity index (χ2n) is 3.25. The highest BCUT2D eigenvalue weighted by atomic mass is 16.5. The summed E-state index contributed by atoms with van der Waals surface area (Å²) in [5.41, 5.74) is 0.530. The average molecular weight is 234 g/mol. The Morgan fingerprint density at radius 2 is 2.35 bits per heavy atom. The predicted molar refractivity (Wildman–Crippen MR) is 59.1 cm³/mol. The number of methoxy groups -OCH3 is 1. The molecule has 0 aliphatic carbocycles. The highest BCUT2D eigenvalue weighted by Crippen LogP contribution is 2.23. The van der Waals surface area contributed by atoms with E-state index in [9.17, 15) is 9.90 Å². The van der Waals surface area contributed by atoms with E-state index in [4.69, 9.17) is 4.74 Å². The van der Waals surface area contributed by atoms with Crippen molar-refractivity contribution in [2.45, 2.75) is 0 Å². The maximum atomic E-state index is 11.8. The minimum Gasteiger partial charge on any atom is -0.507 e. The summed E-state index contributed by atoms with van der Waals surface area (Å²) in [6.07, 6.45) is 2.64. The number of nitrogens with zero attached hydrogens (tertiary/aromatic N) is 1. The van der Waals surface area contributed by atoms with E-state index in [1.807, 2.05) is 0 Å². The summed E-state index contributed by atoms with van der Waals surface area (Å²) in [5, 5.41) is 15.5. The van der Waals surface area contributed by atoms with E-state index in [-0.39, 0.29) is 11.3 Å². The number of aromatic nitrogens is 1. The molecule has 2 rings (SSSR count). The average Bonchev–Trinajstić information content (AvgIpc) is 2.82. The summed E-state index contributed by atoms with van der Waals surface area (Å²) in [4.78, 5) is 11.8. The molecule has 0 fully saturated rings. The van der Waals surface area contributed by atoms with Gasteiger partial charge in [0, 0.05) is 0 Å². The second-order valence-corrected chi connectivity index (χ2v) is 3.25. The van der Waals surface area contributed by atoms with Crippen LogP contribution in [0.3, 0.4) is 0 Å². The summed E-state index contributed by atoms with van der Waals surface area (Å²) in [5.74, 6) is -0.109.